The normalized spacial score (nSPS) is 10.6. The highest BCUT2D eigenvalue weighted by atomic mass is 16.4. The first-order chi connectivity index (χ1) is 9.45. The van der Waals surface area contributed by atoms with Crippen molar-refractivity contribution in [3.05, 3.63) is 46.8 Å². The Bertz CT molecular complexity index is 669. The maximum Gasteiger partial charge on any atom is 0.377 e. The van der Waals surface area contributed by atoms with Crippen LogP contribution in [0.25, 0.3) is 5.69 Å². The summed E-state index contributed by atoms with van der Waals surface area (Å²) in [4.78, 5) is 22.5. The van der Waals surface area contributed by atoms with Gasteiger partial charge in [-0.15, -0.1) is 0 Å². The summed E-state index contributed by atoms with van der Waals surface area (Å²) in [6.07, 6.45) is 0.945. The topological polar surface area (TPSA) is 72.2 Å². The summed E-state index contributed by atoms with van der Waals surface area (Å²) in [6, 6.07) is 7.80. The molecule has 20 heavy (non-hydrogen) atoms. The molecule has 2 aromatic rings. The highest BCUT2D eigenvalue weighted by Crippen LogP contribution is 2.19. The number of carbonyl (C=O) groups is 2. The Morgan fingerprint density at radius 2 is 1.80 bits per heavy atom. The van der Waals surface area contributed by atoms with E-state index in [2.05, 4.69) is 12.0 Å². The van der Waals surface area contributed by atoms with E-state index in [9.17, 15) is 9.59 Å². The predicted octanol–water partition coefficient (Wildman–Crippen LogP) is 2.32. The van der Waals surface area contributed by atoms with Crippen molar-refractivity contribution in [2.75, 3.05) is 0 Å². The van der Waals surface area contributed by atoms with Gasteiger partial charge in [0.05, 0.1) is 22.6 Å². The van der Waals surface area contributed by atoms with E-state index in [0.717, 1.165) is 12.1 Å². The molecule has 1 aromatic heterocycles. The zero-order chi connectivity index (χ0) is 14.9. The summed E-state index contributed by atoms with van der Waals surface area (Å²) in [5.41, 5.74) is 3.15. The maximum atomic E-state index is 11.7. The summed E-state index contributed by atoms with van der Waals surface area (Å²) >= 11 is 0. The number of benzene rings is 1. The number of nitrogens with zero attached hydrogens (tertiary/aromatic N) is 2. The van der Waals surface area contributed by atoms with Gasteiger partial charge in [-0.05, 0) is 38.0 Å². The zero-order valence-corrected chi connectivity index (χ0v) is 11.7. The van der Waals surface area contributed by atoms with E-state index in [4.69, 9.17) is 5.11 Å². The van der Waals surface area contributed by atoms with Gasteiger partial charge in [0.15, 0.2) is 0 Å². The molecule has 0 saturated heterocycles. The molecule has 0 aliphatic heterocycles. The van der Waals surface area contributed by atoms with Crippen LogP contribution in [0, 0.1) is 13.8 Å². The van der Waals surface area contributed by atoms with Crippen LogP contribution in [0.1, 0.15) is 34.2 Å². The van der Waals surface area contributed by atoms with Gasteiger partial charge in [0.1, 0.15) is 0 Å². The van der Waals surface area contributed by atoms with Crippen LogP contribution in [0.2, 0.25) is 0 Å². The lowest BCUT2D eigenvalue weighted by Crippen LogP contribution is -2.14. The molecule has 0 unspecified atom stereocenters. The predicted molar refractivity (Wildman–Crippen MR) is 74.4 cm³/mol. The third kappa shape index (κ3) is 2.34. The first-order valence-electron chi connectivity index (χ1n) is 6.38. The molecule has 0 saturated carbocycles. The standard InChI is InChI=1S/C15H16N2O3/c1-4-11-5-7-12(8-6-11)17-10(3)13(9(2)16-17)14(18)15(19)20/h5-8H,4H2,1-3H3,(H,19,20). The number of rotatable bonds is 4. The number of Topliss-reactive ketones (excluding diaryl/α,β-unsaturated/α-hetero) is 1. The minimum Gasteiger partial charge on any atom is -0.475 e. The van der Waals surface area contributed by atoms with Gasteiger partial charge in [-0.3, -0.25) is 4.79 Å². The molecular formula is C15H16N2O3. The molecule has 0 radical (unpaired) electrons. The second-order valence-electron chi connectivity index (χ2n) is 4.61. The summed E-state index contributed by atoms with van der Waals surface area (Å²) in [6.45, 7) is 5.41. The Labute approximate surface area is 116 Å². The van der Waals surface area contributed by atoms with Gasteiger partial charge in [-0.25, -0.2) is 9.48 Å². The lowest BCUT2D eigenvalue weighted by Gasteiger charge is -2.05. The van der Waals surface area contributed by atoms with E-state index >= 15 is 0 Å². The SMILES string of the molecule is CCc1ccc(-n2nc(C)c(C(=O)C(=O)O)c2C)cc1. The van der Waals surface area contributed by atoms with Crippen LogP contribution in [0.4, 0.5) is 0 Å². The Balaban J connectivity index is 2.50. The number of aromatic nitrogens is 2. The minimum absolute atomic E-state index is 0.164. The fourth-order valence-corrected chi connectivity index (χ4v) is 2.20. The van der Waals surface area contributed by atoms with Gasteiger partial charge in [-0.2, -0.15) is 5.10 Å². The minimum atomic E-state index is -1.46. The van der Waals surface area contributed by atoms with Crippen molar-refractivity contribution >= 4 is 11.8 Å². The summed E-state index contributed by atoms with van der Waals surface area (Å²) in [5, 5.41) is 13.1. The second-order valence-corrected chi connectivity index (χ2v) is 4.61. The molecule has 104 valence electrons. The average molecular weight is 272 g/mol. The van der Waals surface area contributed by atoms with Crippen molar-refractivity contribution in [1.29, 1.82) is 0 Å². The fourth-order valence-electron chi connectivity index (χ4n) is 2.20. The quantitative estimate of drug-likeness (QED) is 0.684. The van der Waals surface area contributed by atoms with Crippen LogP contribution in [0.15, 0.2) is 24.3 Å². The Hall–Kier alpha value is -2.43. The number of carbonyl (C=O) groups excluding carboxylic acids is 1. The fraction of sp³-hybridized carbons (Fsp3) is 0.267. The molecule has 0 aliphatic rings. The van der Waals surface area contributed by atoms with Crippen molar-refractivity contribution in [2.24, 2.45) is 0 Å². The van der Waals surface area contributed by atoms with Gasteiger partial charge >= 0.3 is 5.97 Å². The number of carboxylic acids is 1. The molecule has 1 aromatic carbocycles. The molecule has 1 N–H and O–H groups in total. The molecule has 0 bridgehead atoms. The van der Waals surface area contributed by atoms with Crippen LogP contribution in [0.5, 0.6) is 0 Å². The smallest absolute Gasteiger partial charge is 0.377 e. The van der Waals surface area contributed by atoms with E-state index in [0.29, 0.717) is 11.4 Å². The summed E-state index contributed by atoms with van der Waals surface area (Å²) in [7, 11) is 0. The van der Waals surface area contributed by atoms with Crippen molar-refractivity contribution in [2.45, 2.75) is 27.2 Å². The first-order valence-corrected chi connectivity index (χ1v) is 6.38. The lowest BCUT2D eigenvalue weighted by molar-refractivity contribution is -0.131. The number of hydrogen-bond acceptors (Lipinski definition) is 3. The van der Waals surface area contributed by atoms with Crippen molar-refractivity contribution in [3.8, 4) is 5.69 Å². The van der Waals surface area contributed by atoms with E-state index in [1.54, 1.807) is 18.5 Å². The van der Waals surface area contributed by atoms with Crippen LogP contribution < -0.4 is 0 Å². The number of aliphatic carboxylic acids is 1. The summed E-state index contributed by atoms with van der Waals surface area (Å²) in [5.74, 6) is -2.38. The van der Waals surface area contributed by atoms with Gasteiger partial charge in [0.25, 0.3) is 5.78 Å². The van der Waals surface area contributed by atoms with E-state index in [1.807, 2.05) is 24.3 Å². The zero-order valence-electron chi connectivity index (χ0n) is 11.7. The number of ketones is 1. The Morgan fingerprint density at radius 1 is 1.20 bits per heavy atom. The lowest BCUT2D eigenvalue weighted by atomic mass is 10.1. The Morgan fingerprint density at radius 3 is 2.30 bits per heavy atom. The van der Waals surface area contributed by atoms with E-state index in [-0.39, 0.29) is 5.56 Å². The van der Waals surface area contributed by atoms with Crippen molar-refractivity contribution in [3.63, 3.8) is 0 Å². The van der Waals surface area contributed by atoms with Gasteiger partial charge < -0.3 is 5.11 Å². The summed E-state index contributed by atoms with van der Waals surface area (Å²) < 4.78 is 1.60. The molecule has 5 heteroatoms. The van der Waals surface area contributed by atoms with Crippen LogP contribution >= 0.6 is 0 Å². The van der Waals surface area contributed by atoms with Crippen molar-refractivity contribution in [1.82, 2.24) is 9.78 Å². The van der Waals surface area contributed by atoms with E-state index in [1.165, 1.54) is 5.56 Å². The number of hydrogen-bond donors (Lipinski definition) is 1. The van der Waals surface area contributed by atoms with Gasteiger partial charge in [-0.1, -0.05) is 19.1 Å². The van der Waals surface area contributed by atoms with Crippen molar-refractivity contribution < 1.29 is 14.7 Å². The molecule has 0 atom stereocenters. The second kappa shape index (κ2) is 5.28. The molecule has 0 fully saturated rings. The molecule has 1 heterocycles. The third-order valence-corrected chi connectivity index (χ3v) is 3.30. The number of aryl methyl sites for hydroxylation is 2. The molecule has 0 spiro atoms. The molecule has 5 nitrogen and oxygen atoms in total. The van der Waals surface area contributed by atoms with Gasteiger partial charge in [0, 0.05) is 0 Å². The van der Waals surface area contributed by atoms with Crippen LogP contribution in [0.3, 0.4) is 0 Å². The average Bonchev–Trinajstić information content (AvgIpc) is 2.73. The van der Waals surface area contributed by atoms with E-state index < -0.39 is 11.8 Å². The highest BCUT2D eigenvalue weighted by molar-refractivity contribution is 6.40. The Kier molecular flexibility index (Phi) is 3.70. The number of carboxylic acid groups (broad SMARTS) is 1. The van der Waals surface area contributed by atoms with Crippen LogP contribution in [-0.2, 0) is 11.2 Å². The third-order valence-electron chi connectivity index (χ3n) is 3.30. The maximum absolute atomic E-state index is 11.7. The molecule has 0 amide bonds. The van der Waals surface area contributed by atoms with Gasteiger partial charge in [0.2, 0.25) is 0 Å². The van der Waals surface area contributed by atoms with Crippen LogP contribution in [-0.4, -0.2) is 26.6 Å². The first kappa shape index (κ1) is 14.0. The molecule has 2 rings (SSSR count). The molecular weight excluding hydrogens is 256 g/mol. The largest absolute Gasteiger partial charge is 0.475 e. The monoisotopic (exact) mass is 272 g/mol. The molecule has 0 aliphatic carbocycles. The highest BCUT2D eigenvalue weighted by Gasteiger charge is 2.24.